The Morgan fingerprint density at radius 2 is 1.82 bits per heavy atom. The second-order valence-corrected chi connectivity index (χ2v) is 6.13. The van der Waals surface area contributed by atoms with Crippen molar-refractivity contribution in [2.75, 3.05) is 33.2 Å². The predicted octanol–water partition coefficient (Wildman–Crippen LogP) is 2.94. The van der Waals surface area contributed by atoms with Crippen molar-refractivity contribution in [1.82, 2.24) is 14.8 Å². The van der Waals surface area contributed by atoms with Gasteiger partial charge in [0.2, 0.25) is 0 Å². The molecule has 0 bridgehead atoms. The number of aryl methyl sites for hydroxylation is 1. The summed E-state index contributed by atoms with van der Waals surface area (Å²) < 4.78 is 13.4. The molecule has 0 N–H and O–H groups in total. The second-order valence-electron chi connectivity index (χ2n) is 6.13. The summed E-state index contributed by atoms with van der Waals surface area (Å²) in [6, 6.07) is 7.39. The van der Waals surface area contributed by atoms with Crippen molar-refractivity contribution >= 4 is 0 Å². The highest BCUT2D eigenvalue weighted by atomic mass is 19.1. The van der Waals surface area contributed by atoms with Gasteiger partial charge in [0.15, 0.2) is 0 Å². The first-order valence-corrected chi connectivity index (χ1v) is 7.73. The molecule has 0 saturated carbocycles. The van der Waals surface area contributed by atoms with Crippen LogP contribution in [0.5, 0.6) is 0 Å². The number of likely N-dealkylation sites (N-methyl/N-ethyl adjacent to an activating group) is 1. The summed E-state index contributed by atoms with van der Waals surface area (Å²) in [5.74, 6) is -0.162. The van der Waals surface area contributed by atoms with Gasteiger partial charge in [-0.05, 0) is 48.9 Å². The van der Waals surface area contributed by atoms with Gasteiger partial charge in [0, 0.05) is 50.7 Å². The maximum atomic E-state index is 13.4. The quantitative estimate of drug-likeness (QED) is 0.868. The van der Waals surface area contributed by atoms with Crippen LogP contribution < -0.4 is 0 Å². The molecule has 2 aromatic rings. The van der Waals surface area contributed by atoms with Crippen molar-refractivity contribution < 1.29 is 4.39 Å². The lowest BCUT2D eigenvalue weighted by atomic mass is 10.0. The highest BCUT2D eigenvalue weighted by molar-refractivity contribution is 5.63. The monoisotopic (exact) mass is 299 g/mol. The van der Waals surface area contributed by atoms with Crippen LogP contribution in [0.3, 0.4) is 0 Å². The van der Waals surface area contributed by atoms with Crippen LogP contribution in [0.15, 0.2) is 36.7 Å². The number of rotatable bonds is 3. The van der Waals surface area contributed by atoms with Crippen molar-refractivity contribution in [3.05, 3.63) is 53.6 Å². The van der Waals surface area contributed by atoms with E-state index in [1.165, 1.54) is 11.6 Å². The number of piperazine rings is 1. The number of pyridine rings is 1. The fourth-order valence-electron chi connectivity index (χ4n) is 2.82. The lowest BCUT2D eigenvalue weighted by Crippen LogP contribution is -2.43. The third kappa shape index (κ3) is 3.51. The molecular weight excluding hydrogens is 277 g/mol. The summed E-state index contributed by atoms with van der Waals surface area (Å²) in [7, 11) is 2.16. The number of aromatic nitrogens is 1. The largest absolute Gasteiger partial charge is 0.304 e. The van der Waals surface area contributed by atoms with Gasteiger partial charge in [0.25, 0.3) is 0 Å². The molecule has 1 aliphatic heterocycles. The molecule has 0 atom stereocenters. The van der Waals surface area contributed by atoms with E-state index >= 15 is 0 Å². The number of benzene rings is 1. The van der Waals surface area contributed by atoms with Gasteiger partial charge in [0.05, 0.1) is 0 Å². The molecule has 1 aliphatic rings. The van der Waals surface area contributed by atoms with Crippen LogP contribution in [0.2, 0.25) is 0 Å². The van der Waals surface area contributed by atoms with Crippen molar-refractivity contribution in [3.63, 3.8) is 0 Å². The molecule has 3 rings (SSSR count). The molecule has 0 amide bonds. The maximum absolute atomic E-state index is 13.4. The number of hydrogen-bond acceptors (Lipinski definition) is 3. The van der Waals surface area contributed by atoms with Crippen LogP contribution in [-0.2, 0) is 6.54 Å². The number of halogens is 1. The highest BCUT2D eigenvalue weighted by Gasteiger charge is 2.14. The summed E-state index contributed by atoms with van der Waals surface area (Å²) >= 11 is 0. The van der Waals surface area contributed by atoms with Crippen molar-refractivity contribution in [2.24, 2.45) is 0 Å². The van der Waals surface area contributed by atoms with E-state index in [1.807, 2.05) is 24.5 Å². The lowest BCUT2D eigenvalue weighted by molar-refractivity contribution is 0.148. The minimum absolute atomic E-state index is 0.162. The fourth-order valence-corrected chi connectivity index (χ4v) is 2.82. The van der Waals surface area contributed by atoms with Gasteiger partial charge in [-0.1, -0.05) is 6.07 Å². The number of hydrogen-bond donors (Lipinski definition) is 0. The third-order valence-corrected chi connectivity index (χ3v) is 4.29. The van der Waals surface area contributed by atoms with E-state index in [0.29, 0.717) is 5.56 Å². The molecule has 0 unspecified atom stereocenters. The fraction of sp³-hybridized carbons (Fsp3) is 0.389. The first-order valence-electron chi connectivity index (χ1n) is 7.73. The Morgan fingerprint density at radius 3 is 2.55 bits per heavy atom. The Kier molecular flexibility index (Phi) is 4.50. The van der Waals surface area contributed by atoms with Crippen LogP contribution in [-0.4, -0.2) is 48.0 Å². The average molecular weight is 299 g/mol. The van der Waals surface area contributed by atoms with E-state index < -0.39 is 0 Å². The van der Waals surface area contributed by atoms with Crippen molar-refractivity contribution in [3.8, 4) is 11.1 Å². The van der Waals surface area contributed by atoms with E-state index in [1.54, 1.807) is 6.92 Å². The third-order valence-electron chi connectivity index (χ3n) is 4.29. The SMILES string of the molecule is Cc1cc(-c2cncc(CN3CCN(C)CC3)c2)ccc1F. The van der Waals surface area contributed by atoms with Gasteiger partial charge >= 0.3 is 0 Å². The molecule has 0 radical (unpaired) electrons. The zero-order valence-electron chi connectivity index (χ0n) is 13.2. The predicted molar refractivity (Wildman–Crippen MR) is 87.1 cm³/mol. The summed E-state index contributed by atoms with van der Waals surface area (Å²) in [6.07, 6.45) is 3.78. The van der Waals surface area contributed by atoms with Crippen LogP contribution in [0, 0.1) is 12.7 Å². The second kappa shape index (κ2) is 6.55. The molecule has 2 heterocycles. The Bertz CT molecular complexity index is 649. The Morgan fingerprint density at radius 1 is 1.05 bits per heavy atom. The lowest BCUT2D eigenvalue weighted by Gasteiger charge is -2.32. The van der Waals surface area contributed by atoms with Crippen molar-refractivity contribution in [2.45, 2.75) is 13.5 Å². The van der Waals surface area contributed by atoms with Crippen molar-refractivity contribution in [1.29, 1.82) is 0 Å². The first-order chi connectivity index (χ1) is 10.6. The first kappa shape index (κ1) is 15.1. The Balaban J connectivity index is 1.76. The molecule has 116 valence electrons. The molecule has 3 nitrogen and oxygen atoms in total. The van der Waals surface area contributed by atoms with Gasteiger partial charge in [-0.2, -0.15) is 0 Å². The van der Waals surface area contributed by atoms with Crippen LogP contribution in [0.25, 0.3) is 11.1 Å². The Labute approximate surface area is 131 Å². The molecule has 1 aromatic heterocycles. The molecular formula is C18H22FN3. The topological polar surface area (TPSA) is 19.4 Å². The van der Waals surface area contributed by atoms with E-state index in [2.05, 4.69) is 27.9 Å². The maximum Gasteiger partial charge on any atom is 0.126 e. The van der Waals surface area contributed by atoms with Crippen LogP contribution >= 0.6 is 0 Å². The van der Waals surface area contributed by atoms with Crippen LogP contribution in [0.4, 0.5) is 4.39 Å². The van der Waals surface area contributed by atoms with Gasteiger partial charge < -0.3 is 4.90 Å². The highest BCUT2D eigenvalue weighted by Crippen LogP contribution is 2.22. The summed E-state index contributed by atoms with van der Waals surface area (Å²) in [5, 5.41) is 0. The normalized spacial score (nSPS) is 16.9. The van der Waals surface area contributed by atoms with Gasteiger partial charge in [0.1, 0.15) is 5.82 Å². The summed E-state index contributed by atoms with van der Waals surface area (Å²) in [4.78, 5) is 9.17. The molecule has 4 heteroatoms. The summed E-state index contributed by atoms with van der Waals surface area (Å²) in [6.45, 7) is 7.14. The standard InChI is InChI=1S/C18H22FN3/c1-14-9-16(3-4-18(14)19)17-10-15(11-20-12-17)13-22-7-5-21(2)6-8-22/h3-4,9-12H,5-8,13H2,1-2H3. The molecule has 1 fully saturated rings. The molecule has 0 aliphatic carbocycles. The average Bonchev–Trinajstić information content (AvgIpc) is 2.53. The van der Waals surface area contributed by atoms with E-state index in [9.17, 15) is 4.39 Å². The van der Waals surface area contributed by atoms with Gasteiger partial charge in [-0.25, -0.2) is 4.39 Å². The Hall–Kier alpha value is -1.78. The van der Waals surface area contributed by atoms with E-state index in [-0.39, 0.29) is 5.82 Å². The van der Waals surface area contributed by atoms with Crippen LogP contribution in [0.1, 0.15) is 11.1 Å². The van der Waals surface area contributed by atoms with E-state index in [0.717, 1.165) is 43.9 Å². The van der Waals surface area contributed by atoms with Gasteiger partial charge in [-0.3, -0.25) is 9.88 Å². The zero-order chi connectivity index (χ0) is 15.5. The van der Waals surface area contributed by atoms with Gasteiger partial charge in [-0.15, -0.1) is 0 Å². The summed E-state index contributed by atoms with van der Waals surface area (Å²) in [5.41, 5.74) is 3.95. The number of nitrogens with zero attached hydrogens (tertiary/aromatic N) is 3. The molecule has 1 aromatic carbocycles. The minimum atomic E-state index is -0.162. The minimum Gasteiger partial charge on any atom is -0.304 e. The molecule has 22 heavy (non-hydrogen) atoms. The van der Waals surface area contributed by atoms with E-state index in [4.69, 9.17) is 0 Å². The smallest absolute Gasteiger partial charge is 0.126 e. The molecule has 0 spiro atoms. The zero-order valence-corrected chi connectivity index (χ0v) is 13.2. The molecule has 1 saturated heterocycles.